The zero-order chi connectivity index (χ0) is 15.4. The van der Waals surface area contributed by atoms with E-state index >= 15 is 0 Å². The van der Waals surface area contributed by atoms with Crippen LogP contribution in [0.2, 0.25) is 0 Å². The van der Waals surface area contributed by atoms with Gasteiger partial charge in [0.05, 0.1) is 6.61 Å². The number of rotatable bonds is 5. The van der Waals surface area contributed by atoms with E-state index in [0.717, 1.165) is 29.1 Å². The summed E-state index contributed by atoms with van der Waals surface area (Å²) in [5, 5.41) is 12.9. The van der Waals surface area contributed by atoms with Gasteiger partial charge in [-0.3, -0.25) is 0 Å². The van der Waals surface area contributed by atoms with Crippen LogP contribution in [0.15, 0.2) is 18.2 Å². The third kappa shape index (κ3) is 3.07. The Morgan fingerprint density at radius 1 is 1.24 bits per heavy atom. The fourth-order valence-corrected chi connectivity index (χ4v) is 2.28. The smallest absolute Gasteiger partial charge is 0.161 e. The highest BCUT2D eigenvalue weighted by Crippen LogP contribution is 2.31. The van der Waals surface area contributed by atoms with Crippen molar-refractivity contribution in [3.8, 4) is 22.9 Å². The van der Waals surface area contributed by atoms with E-state index in [1.54, 1.807) is 18.2 Å². The maximum Gasteiger partial charge on any atom is 0.161 e. The highest BCUT2D eigenvalue weighted by Gasteiger charge is 2.12. The van der Waals surface area contributed by atoms with Gasteiger partial charge in [0.25, 0.3) is 0 Å². The summed E-state index contributed by atoms with van der Waals surface area (Å²) < 4.78 is 5.41. The van der Waals surface area contributed by atoms with Crippen LogP contribution < -0.4 is 10.1 Å². The van der Waals surface area contributed by atoms with Gasteiger partial charge >= 0.3 is 0 Å². The van der Waals surface area contributed by atoms with Crippen molar-refractivity contribution in [3.63, 3.8) is 0 Å². The molecule has 0 aliphatic rings. The van der Waals surface area contributed by atoms with Gasteiger partial charge in [0, 0.05) is 23.9 Å². The average molecular weight is 287 g/mol. The second-order valence-corrected chi connectivity index (χ2v) is 4.68. The van der Waals surface area contributed by atoms with Crippen LogP contribution in [0.25, 0.3) is 11.4 Å². The predicted octanol–water partition coefficient (Wildman–Crippen LogP) is 3.16. The van der Waals surface area contributed by atoms with E-state index in [-0.39, 0.29) is 5.75 Å². The number of ether oxygens (including phenoxy) is 1. The summed E-state index contributed by atoms with van der Waals surface area (Å²) in [7, 11) is 1.85. The molecule has 5 heteroatoms. The monoisotopic (exact) mass is 287 g/mol. The van der Waals surface area contributed by atoms with Gasteiger partial charge < -0.3 is 15.2 Å². The van der Waals surface area contributed by atoms with Crippen molar-refractivity contribution in [1.29, 1.82) is 0 Å². The minimum Gasteiger partial charge on any atom is -0.504 e. The van der Waals surface area contributed by atoms with Crippen LogP contribution in [0.3, 0.4) is 0 Å². The van der Waals surface area contributed by atoms with E-state index in [1.165, 1.54) is 0 Å². The molecule has 112 valence electrons. The van der Waals surface area contributed by atoms with E-state index in [4.69, 9.17) is 4.74 Å². The van der Waals surface area contributed by atoms with Crippen LogP contribution in [0.1, 0.15) is 25.1 Å². The van der Waals surface area contributed by atoms with E-state index < -0.39 is 0 Å². The van der Waals surface area contributed by atoms with Gasteiger partial charge in [0.1, 0.15) is 5.82 Å². The van der Waals surface area contributed by atoms with E-state index in [2.05, 4.69) is 22.2 Å². The molecule has 2 N–H and O–H groups in total. The number of nitrogens with zero attached hydrogens (tertiary/aromatic N) is 2. The second-order valence-electron chi connectivity index (χ2n) is 4.68. The number of nitrogens with one attached hydrogen (secondary N) is 1. The standard InChI is InChI=1S/C16H21N3O2/c1-5-12-10(3)18-15(19-16(12)17-4)11-7-8-13(20)14(9-11)21-6-2/h7-9,20H,5-6H2,1-4H3,(H,17,18,19). The minimum atomic E-state index is 0.122. The summed E-state index contributed by atoms with van der Waals surface area (Å²) in [4.78, 5) is 9.13. The van der Waals surface area contributed by atoms with Crippen molar-refractivity contribution >= 4 is 5.82 Å². The van der Waals surface area contributed by atoms with Crippen molar-refractivity contribution in [1.82, 2.24) is 9.97 Å². The lowest BCUT2D eigenvalue weighted by molar-refractivity contribution is 0.318. The number of hydrogen-bond donors (Lipinski definition) is 2. The number of anilines is 1. The molecule has 1 aromatic heterocycles. The number of hydrogen-bond acceptors (Lipinski definition) is 5. The fourth-order valence-electron chi connectivity index (χ4n) is 2.28. The predicted molar refractivity (Wildman–Crippen MR) is 84.0 cm³/mol. The lowest BCUT2D eigenvalue weighted by atomic mass is 10.1. The Balaban J connectivity index is 2.51. The SMILES string of the molecule is CCOc1cc(-c2nc(C)c(CC)c(NC)n2)ccc1O. The largest absolute Gasteiger partial charge is 0.504 e. The Hall–Kier alpha value is -2.30. The van der Waals surface area contributed by atoms with Gasteiger partial charge in [-0.25, -0.2) is 9.97 Å². The summed E-state index contributed by atoms with van der Waals surface area (Å²) in [6.07, 6.45) is 0.877. The van der Waals surface area contributed by atoms with Crippen molar-refractivity contribution in [2.75, 3.05) is 19.0 Å². The van der Waals surface area contributed by atoms with Gasteiger partial charge in [-0.05, 0) is 38.5 Å². The Morgan fingerprint density at radius 2 is 2.00 bits per heavy atom. The van der Waals surface area contributed by atoms with E-state index in [0.29, 0.717) is 18.2 Å². The molecule has 2 aromatic rings. The first-order valence-corrected chi connectivity index (χ1v) is 7.12. The maximum atomic E-state index is 9.77. The quantitative estimate of drug-likeness (QED) is 0.884. The molecule has 0 radical (unpaired) electrons. The Kier molecular flexibility index (Phi) is 4.62. The third-order valence-corrected chi connectivity index (χ3v) is 3.32. The van der Waals surface area contributed by atoms with Crippen molar-refractivity contribution < 1.29 is 9.84 Å². The topological polar surface area (TPSA) is 67.3 Å². The second kappa shape index (κ2) is 6.43. The first-order valence-electron chi connectivity index (χ1n) is 7.12. The molecule has 21 heavy (non-hydrogen) atoms. The molecule has 1 aromatic carbocycles. The summed E-state index contributed by atoms with van der Waals surface area (Å²) in [6.45, 7) is 6.43. The highest BCUT2D eigenvalue weighted by molar-refractivity contribution is 5.63. The molecule has 0 aliphatic carbocycles. The average Bonchev–Trinajstić information content (AvgIpc) is 2.48. The molecule has 5 nitrogen and oxygen atoms in total. The molecule has 0 spiro atoms. The molecule has 2 rings (SSSR count). The summed E-state index contributed by atoms with van der Waals surface area (Å²) >= 11 is 0. The van der Waals surface area contributed by atoms with Gasteiger partial charge in [-0.2, -0.15) is 0 Å². The van der Waals surface area contributed by atoms with Crippen molar-refractivity contribution in [3.05, 3.63) is 29.5 Å². The van der Waals surface area contributed by atoms with Crippen LogP contribution in [-0.4, -0.2) is 28.7 Å². The highest BCUT2D eigenvalue weighted by atomic mass is 16.5. The van der Waals surface area contributed by atoms with E-state index in [1.807, 2.05) is 20.9 Å². The Bertz CT molecular complexity index is 642. The van der Waals surface area contributed by atoms with Crippen LogP contribution in [-0.2, 0) is 6.42 Å². The van der Waals surface area contributed by atoms with Gasteiger partial charge in [-0.15, -0.1) is 0 Å². The summed E-state index contributed by atoms with van der Waals surface area (Å²) in [5.74, 6) is 2.03. The van der Waals surface area contributed by atoms with Crippen LogP contribution >= 0.6 is 0 Å². The molecule has 0 saturated heterocycles. The Labute approximate surface area is 125 Å². The van der Waals surface area contributed by atoms with Crippen LogP contribution in [0.5, 0.6) is 11.5 Å². The molecular formula is C16H21N3O2. The van der Waals surface area contributed by atoms with Crippen LogP contribution in [0.4, 0.5) is 5.82 Å². The lowest BCUT2D eigenvalue weighted by Gasteiger charge is -2.12. The van der Waals surface area contributed by atoms with Gasteiger partial charge in [0.2, 0.25) is 0 Å². The lowest BCUT2D eigenvalue weighted by Crippen LogP contribution is -2.05. The number of phenols is 1. The molecule has 0 aliphatic heterocycles. The summed E-state index contributed by atoms with van der Waals surface area (Å²) in [5.41, 5.74) is 2.89. The zero-order valence-corrected chi connectivity index (χ0v) is 12.9. The molecule has 1 heterocycles. The maximum absolute atomic E-state index is 9.77. The number of aryl methyl sites for hydroxylation is 1. The molecule has 0 saturated carbocycles. The number of aromatic nitrogens is 2. The molecule has 0 bridgehead atoms. The summed E-state index contributed by atoms with van der Waals surface area (Å²) in [6, 6.07) is 5.15. The first kappa shape index (κ1) is 15.1. The normalized spacial score (nSPS) is 10.5. The zero-order valence-electron chi connectivity index (χ0n) is 12.9. The van der Waals surface area contributed by atoms with Crippen molar-refractivity contribution in [2.45, 2.75) is 27.2 Å². The first-order chi connectivity index (χ1) is 10.1. The fraction of sp³-hybridized carbons (Fsp3) is 0.375. The third-order valence-electron chi connectivity index (χ3n) is 3.32. The number of benzene rings is 1. The number of aromatic hydroxyl groups is 1. The van der Waals surface area contributed by atoms with Crippen molar-refractivity contribution in [2.24, 2.45) is 0 Å². The van der Waals surface area contributed by atoms with Gasteiger partial charge in [0.15, 0.2) is 17.3 Å². The van der Waals surface area contributed by atoms with Crippen LogP contribution in [0, 0.1) is 6.92 Å². The minimum absolute atomic E-state index is 0.122. The van der Waals surface area contributed by atoms with Gasteiger partial charge in [-0.1, -0.05) is 6.92 Å². The molecule has 0 fully saturated rings. The molecule has 0 atom stereocenters. The Morgan fingerprint density at radius 3 is 2.62 bits per heavy atom. The number of phenolic OH excluding ortho intramolecular Hbond substituents is 1. The molecular weight excluding hydrogens is 266 g/mol. The van der Waals surface area contributed by atoms with E-state index in [9.17, 15) is 5.11 Å². The molecule has 0 amide bonds. The molecule has 0 unspecified atom stereocenters.